The minimum Gasteiger partial charge on any atom is -0.379 e. The monoisotopic (exact) mass is 367 g/mol. The summed E-state index contributed by atoms with van der Waals surface area (Å²) in [4.78, 5) is 14.1. The number of halogens is 1. The molecule has 0 aliphatic carbocycles. The lowest BCUT2D eigenvalue weighted by atomic mass is 10.1. The van der Waals surface area contributed by atoms with E-state index < -0.39 is 0 Å². The summed E-state index contributed by atoms with van der Waals surface area (Å²) in [5, 5.41) is 4.32. The Balaban J connectivity index is 1.94. The third kappa shape index (κ3) is 5.51. The number of ether oxygens (including phenoxy) is 1. The molecule has 1 fully saturated rings. The first-order valence-electron chi connectivity index (χ1n) is 7.60. The van der Waals surface area contributed by atoms with Gasteiger partial charge < -0.3 is 4.74 Å². The molecular weight excluding hydrogens is 346 g/mol. The van der Waals surface area contributed by atoms with Gasteiger partial charge in [-0.3, -0.25) is 9.69 Å². The number of morpholine rings is 1. The van der Waals surface area contributed by atoms with Crippen molar-refractivity contribution in [1.29, 1.82) is 0 Å². The maximum atomic E-state index is 12.0. The number of benzene rings is 1. The highest BCUT2D eigenvalue weighted by molar-refractivity contribution is 9.10. The van der Waals surface area contributed by atoms with Crippen molar-refractivity contribution < 1.29 is 9.53 Å². The Labute approximate surface area is 139 Å². The number of nitrogens with one attached hydrogen (secondary N) is 1. The summed E-state index contributed by atoms with van der Waals surface area (Å²) >= 11 is 3.43. The first-order chi connectivity index (χ1) is 10.7. The van der Waals surface area contributed by atoms with Crippen LogP contribution in [0.25, 0.3) is 0 Å². The van der Waals surface area contributed by atoms with Crippen LogP contribution in [0.5, 0.6) is 0 Å². The van der Waals surface area contributed by atoms with Gasteiger partial charge in [0.05, 0.1) is 25.5 Å². The molecule has 1 aliphatic heterocycles. The SMILES string of the molecule is CCC/C(=N/NC(=O)CN1CCOCC1)c1ccc(Br)cc1. The van der Waals surface area contributed by atoms with Gasteiger partial charge in [0.1, 0.15) is 0 Å². The van der Waals surface area contributed by atoms with Crippen LogP contribution in [0.15, 0.2) is 33.8 Å². The molecule has 6 heteroatoms. The van der Waals surface area contributed by atoms with Crippen LogP contribution in [-0.4, -0.2) is 49.4 Å². The summed E-state index contributed by atoms with van der Waals surface area (Å²) in [5.41, 5.74) is 4.63. The van der Waals surface area contributed by atoms with E-state index in [-0.39, 0.29) is 5.91 Å². The van der Waals surface area contributed by atoms with Gasteiger partial charge >= 0.3 is 0 Å². The average molecular weight is 368 g/mol. The largest absolute Gasteiger partial charge is 0.379 e. The average Bonchev–Trinajstić information content (AvgIpc) is 2.53. The van der Waals surface area contributed by atoms with Gasteiger partial charge in [-0.1, -0.05) is 41.4 Å². The van der Waals surface area contributed by atoms with Crippen LogP contribution in [0.2, 0.25) is 0 Å². The summed E-state index contributed by atoms with van der Waals surface area (Å²) in [6.07, 6.45) is 1.81. The fourth-order valence-electron chi connectivity index (χ4n) is 2.27. The Morgan fingerprint density at radius 3 is 2.64 bits per heavy atom. The molecule has 22 heavy (non-hydrogen) atoms. The van der Waals surface area contributed by atoms with Gasteiger partial charge in [0.15, 0.2) is 0 Å². The first kappa shape index (κ1) is 17.1. The second-order valence-electron chi connectivity index (χ2n) is 5.24. The quantitative estimate of drug-likeness (QED) is 0.620. The number of nitrogens with zero attached hydrogens (tertiary/aromatic N) is 2. The molecule has 5 nitrogen and oxygen atoms in total. The molecule has 0 bridgehead atoms. The third-order valence-electron chi connectivity index (χ3n) is 3.45. The van der Waals surface area contributed by atoms with Crippen molar-refractivity contribution in [2.24, 2.45) is 5.10 Å². The van der Waals surface area contributed by atoms with Crippen LogP contribution in [0, 0.1) is 0 Å². The van der Waals surface area contributed by atoms with E-state index >= 15 is 0 Å². The molecule has 2 rings (SSSR count). The van der Waals surface area contributed by atoms with Crippen LogP contribution >= 0.6 is 15.9 Å². The van der Waals surface area contributed by atoms with Crippen molar-refractivity contribution in [3.8, 4) is 0 Å². The molecule has 1 amide bonds. The van der Waals surface area contributed by atoms with Gasteiger partial charge in [-0.2, -0.15) is 5.10 Å². The normalized spacial score (nSPS) is 16.5. The molecule has 1 aromatic rings. The summed E-state index contributed by atoms with van der Waals surface area (Å²) in [6, 6.07) is 7.98. The second kappa shape index (κ2) is 9.02. The van der Waals surface area contributed by atoms with E-state index in [1.54, 1.807) is 0 Å². The fourth-order valence-corrected chi connectivity index (χ4v) is 2.54. The number of amides is 1. The molecule has 0 radical (unpaired) electrons. The number of hydrogen-bond donors (Lipinski definition) is 1. The molecule has 0 unspecified atom stereocenters. The molecule has 120 valence electrons. The summed E-state index contributed by atoms with van der Waals surface area (Å²) in [6.45, 7) is 5.45. The minimum atomic E-state index is -0.0763. The van der Waals surface area contributed by atoms with Crippen molar-refractivity contribution in [3.05, 3.63) is 34.3 Å². The van der Waals surface area contributed by atoms with Gasteiger partial charge in [-0.15, -0.1) is 0 Å². The Kier molecular flexibility index (Phi) is 7.02. The van der Waals surface area contributed by atoms with Crippen molar-refractivity contribution in [1.82, 2.24) is 10.3 Å². The fraction of sp³-hybridized carbons (Fsp3) is 0.500. The van der Waals surface area contributed by atoms with E-state index in [2.05, 4.69) is 38.3 Å². The topological polar surface area (TPSA) is 53.9 Å². The lowest BCUT2D eigenvalue weighted by molar-refractivity contribution is -0.123. The Bertz CT molecular complexity index is 511. The van der Waals surface area contributed by atoms with E-state index in [4.69, 9.17) is 4.74 Å². The molecule has 1 aromatic carbocycles. The minimum absolute atomic E-state index is 0.0763. The predicted octanol–water partition coefficient (Wildman–Crippen LogP) is 2.40. The van der Waals surface area contributed by atoms with Gasteiger partial charge in [0, 0.05) is 17.6 Å². The van der Waals surface area contributed by atoms with Crippen molar-refractivity contribution in [3.63, 3.8) is 0 Å². The van der Waals surface area contributed by atoms with Crippen molar-refractivity contribution in [2.45, 2.75) is 19.8 Å². The number of carbonyl (C=O) groups is 1. The molecule has 1 saturated heterocycles. The number of hydrogen-bond acceptors (Lipinski definition) is 4. The van der Waals surface area contributed by atoms with Crippen LogP contribution in [0.4, 0.5) is 0 Å². The zero-order valence-electron chi connectivity index (χ0n) is 12.8. The molecule has 1 heterocycles. The highest BCUT2D eigenvalue weighted by Crippen LogP contribution is 2.13. The first-order valence-corrected chi connectivity index (χ1v) is 8.39. The van der Waals surface area contributed by atoms with E-state index in [0.717, 1.165) is 41.7 Å². The Hall–Kier alpha value is -1.24. The van der Waals surface area contributed by atoms with Crippen LogP contribution < -0.4 is 5.43 Å². The van der Waals surface area contributed by atoms with Gasteiger partial charge in [0.25, 0.3) is 5.91 Å². The lowest BCUT2D eigenvalue weighted by Gasteiger charge is -2.25. The standard InChI is InChI=1S/C16H22BrN3O2/c1-2-3-15(13-4-6-14(17)7-5-13)18-19-16(21)12-20-8-10-22-11-9-20/h4-7H,2-3,8-12H2,1H3,(H,19,21)/b18-15-. The van der Waals surface area contributed by atoms with Gasteiger partial charge in [-0.05, 0) is 24.1 Å². The lowest BCUT2D eigenvalue weighted by Crippen LogP contribution is -2.42. The van der Waals surface area contributed by atoms with Gasteiger partial charge in [-0.25, -0.2) is 5.43 Å². The number of rotatable bonds is 6. The third-order valence-corrected chi connectivity index (χ3v) is 3.98. The highest BCUT2D eigenvalue weighted by atomic mass is 79.9. The highest BCUT2D eigenvalue weighted by Gasteiger charge is 2.14. The second-order valence-corrected chi connectivity index (χ2v) is 6.15. The van der Waals surface area contributed by atoms with Crippen LogP contribution in [0.3, 0.4) is 0 Å². The van der Waals surface area contributed by atoms with Crippen LogP contribution in [-0.2, 0) is 9.53 Å². The molecular formula is C16H22BrN3O2. The molecule has 0 atom stereocenters. The summed E-state index contributed by atoms with van der Waals surface area (Å²) in [5.74, 6) is -0.0763. The Morgan fingerprint density at radius 2 is 2.00 bits per heavy atom. The summed E-state index contributed by atoms with van der Waals surface area (Å²) in [7, 11) is 0. The molecule has 0 saturated carbocycles. The number of hydrazone groups is 1. The van der Waals surface area contributed by atoms with E-state index in [1.165, 1.54) is 0 Å². The molecule has 1 aliphatic rings. The zero-order chi connectivity index (χ0) is 15.8. The summed E-state index contributed by atoms with van der Waals surface area (Å²) < 4.78 is 6.31. The molecule has 1 N–H and O–H groups in total. The van der Waals surface area contributed by atoms with E-state index in [9.17, 15) is 4.79 Å². The van der Waals surface area contributed by atoms with Crippen molar-refractivity contribution in [2.75, 3.05) is 32.8 Å². The van der Waals surface area contributed by atoms with Crippen molar-refractivity contribution >= 4 is 27.5 Å². The predicted molar refractivity (Wildman–Crippen MR) is 91.0 cm³/mol. The maximum Gasteiger partial charge on any atom is 0.254 e. The van der Waals surface area contributed by atoms with E-state index in [1.807, 2.05) is 24.3 Å². The Morgan fingerprint density at radius 1 is 1.32 bits per heavy atom. The maximum absolute atomic E-state index is 12.0. The smallest absolute Gasteiger partial charge is 0.254 e. The van der Waals surface area contributed by atoms with Crippen LogP contribution in [0.1, 0.15) is 25.3 Å². The molecule has 0 aromatic heterocycles. The number of carbonyl (C=O) groups excluding carboxylic acids is 1. The van der Waals surface area contributed by atoms with E-state index in [0.29, 0.717) is 19.8 Å². The zero-order valence-corrected chi connectivity index (χ0v) is 14.4. The molecule has 0 spiro atoms. The van der Waals surface area contributed by atoms with Gasteiger partial charge in [0.2, 0.25) is 0 Å².